The fraction of sp³-hybridized carbons (Fsp3) is 0.500. The van der Waals surface area contributed by atoms with Gasteiger partial charge < -0.3 is 14.8 Å². The third-order valence-corrected chi connectivity index (χ3v) is 3.82. The summed E-state index contributed by atoms with van der Waals surface area (Å²) in [4.78, 5) is 23.1. The second-order valence-corrected chi connectivity index (χ2v) is 5.20. The summed E-state index contributed by atoms with van der Waals surface area (Å²) in [5.41, 5.74) is 3.35. The van der Waals surface area contributed by atoms with Crippen molar-refractivity contribution in [2.24, 2.45) is 0 Å². The smallest absolute Gasteiger partial charge is 0.306 e. The van der Waals surface area contributed by atoms with Crippen molar-refractivity contribution in [1.29, 1.82) is 0 Å². The molecule has 114 valence electrons. The minimum absolute atomic E-state index is 0.178. The minimum atomic E-state index is -0.320. The highest BCUT2D eigenvalue weighted by molar-refractivity contribution is 5.74. The van der Waals surface area contributed by atoms with Crippen LogP contribution >= 0.6 is 0 Å². The highest BCUT2D eigenvalue weighted by Gasteiger charge is 2.22. The van der Waals surface area contributed by atoms with Crippen molar-refractivity contribution in [3.8, 4) is 0 Å². The van der Waals surface area contributed by atoms with Gasteiger partial charge in [0.25, 0.3) is 0 Å². The third-order valence-electron chi connectivity index (χ3n) is 3.82. The molecule has 0 saturated carbocycles. The number of esters is 2. The number of anilines is 1. The molecule has 0 aliphatic carbocycles. The maximum atomic E-state index is 11.6. The summed E-state index contributed by atoms with van der Waals surface area (Å²) in [6, 6.07) is 6.07. The molecular formula is C16H21NO4. The molecule has 0 amide bonds. The largest absolute Gasteiger partial charge is 0.469 e. The van der Waals surface area contributed by atoms with Crippen LogP contribution < -0.4 is 5.32 Å². The molecule has 0 atom stereocenters. The molecule has 5 nitrogen and oxygen atoms in total. The van der Waals surface area contributed by atoms with Crippen molar-refractivity contribution in [3.63, 3.8) is 0 Å². The van der Waals surface area contributed by atoms with E-state index in [0.29, 0.717) is 0 Å². The monoisotopic (exact) mass is 291 g/mol. The van der Waals surface area contributed by atoms with Gasteiger partial charge in [-0.15, -0.1) is 0 Å². The molecule has 1 aliphatic rings. The summed E-state index contributed by atoms with van der Waals surface area (Å²) >= 11 is 0. The Bertz CT molecular complexity index is 509. The second-order valence-electron chi connectivity index (χ2n) is 5.20. The first-order valence-corrected chi connectivity index (χ1v) is 7.14. The van der Waals surface area contributed by atoms with Crippen LogP contribution in [0.5, 0.6) is 0 Å². The predicted octanol–water partition coefficient (Wildman–Crippen LogP) is 2.25. The quantitative estimate of drug-likeness (QED) is 0.843. The molecule has 1 aromatic carbocycles. The van der Waals surface area contributed by atoms with Crippen LogP contribution in [0.15, 0.2) is 18.2 Å². The van der Waals surface area contributed by atoms with E-state index in [2.05, 4.69) is 11.4 Å². The predicted molar refractivity (Wildman–Crippen MR) is 79.3 cm³/mol. The highest BCUT2D eigenvalue weighted by Crippen LogP contribution is 2.30. The van der Waals surface area contributed by atoms with Crippen molar-refractivity contribution in [2.75, 3.05) is 26.1 Å². The maximum absolute atomic E-state index is 11.6. The molecule has 2 rings (SSSR count). The molecule has 0 saturated heterocycles. The summed E-state index contributed by atoms with van der Waals surface area (Å²) in [7, 11) is 2.71. The lowest BCUT2D eigenvalue weighted by Gasteiger charge is -2.21. The first-order chi connectivity index (χ1) is 10.1. The van der Waals surface area contributed by atoms with Gasteiger partial charge >= 0.3 is 11.9 Å². The number of hydrogen-bond acceptors (Lipinski definition) is 5. The number of fused-ring (bicyclic) bond motifs is 1. The van der Waals surface area contributed by atoms with E-state index in [0.717, 1.165) is 30.6 Å². The van der Waals surface area contributed by atoms with E-state index >= 15 is 0 Å². The molecule has 0 fully saturated rings. The second kappa shape index (κ2) is 7.11. The van der Waals surface area contributed by atoms with Crippen molar-refractivity contribution >= 4 is 17.6 Å². The first kappa shape index (κ1) is 15.4. The molecule has 0 spiro atoms. The van der Waals surface area contributed by atoms with Gasteiger partial charge in [-0.2, -0.15) is 0 Å². The molecule has 1 N–H and O–H groups in total. The Labute approximate surface area is 124 Å². The van der Waals surface area contributed by atoms with Crippen molar-refractivity contribution < 1.29 is 19.1 Å². The van der Waals surface area contributed by atoms with E-state index in [1.165, 1.54) is 19.8 Å². The Kier molecular flexibility index (Phi) is 5.20. The van der Waals surface area contributed by atoms with Gasteiger partial charge in [-0.1, -0.05) is 12.1 Å². The molecule has 0 bridgehead atoms. The lowest BCUT2D eigenvalue weighted by Crippen LogP contribution is -2.16. The number of ether oxygens (including phenoxy) is 2. The average Bonchev–Trinajstić information content (AvgIpc) is 2.53. The number of hydrogen-bond donors (Lipinski definition) is 1. The number of nitrogens with one attached hydrogen (secondary N) is 1. The van der Waals surface area contributed by atoms with Gasteiger partial charge in [0, 0.05) is 18.2 Å². The first-order valence-electron chi connectivity index (χ1n) is 7.14. The van der Waals surface area contributed by atoms with Crippen molar-refractivity contribution in [2.45, 2.75) is 31.6 Å². The normalized spacial score (nSPS) is 13.3. The van der Waals surface area contributed by atoms with Gasteiger partial charge in [0.1, 0.15) is 0 Å². The number of benzene rings is 1. The summed E-state index contributed by atoms with van der Waals surface area (Å²) in [5.74, 6) is -0.850. The van der Waals surface area contributed by atoms with Crippen LogP contribution in [0, 0.1) is 0 Å². The zero-order chi connectivity index (χ0) is 15.2. The van der Waals surface area contributed by atoms with E-state index in [-0.39, 0.29) is 30.7 Å². The van der Waals surface area contributed by atoms with Crippen LogP contribution in [0.1, 0.15) is 36.3 Å². The number of methoxy groups -OCH3 is 2. The van der Waals surface area contributed by atoms with Crippen molar-refractivity contribution in [1.82, 2.24) is 0 Å². The molecule has 0 unspecified atom stereocenters. The zero-order valence-corrected chi connectivity index (χ0v) is 12.5. The number of aryl methyl sites for hydroxylation is 1. The number of carbonyl (C=O) groups excluding carboxylic acids is 2. The molecule has 0 aromatic heterocycles. The molecular weight excluding hydrogens is 270 g/mol. The SMILES string of the molecule is COC(=O)CC(CC(=O)OC)c1ccc2c(c1)CCCN2. The molecule has 5 heteroatoms. The Morgan fingerprint density at radius 1 is 1.19 bits per heavy atom. The lowest BCUT2D eigenvalue weighted by atomic mass is 9.89. The van der Waals surface area contributed by atoms with Crippen LogP contribution in [-0.4, -0.2) is 32.7 Å². The summed E-state index contributed by atoms with van der Waals surface area (Å²) in [5, 5.41) is 3.35. The maximum Gasteiger partial charge on any atom is 0.306 e. The van der Waals surface area contributed by atoms with Gasteiger partial charge in [-0.3, -0.25) is 9.59 Å². The topological polar surface area (TPSA) is 64.6 Å². The van der Waals surface area contributed by atoms with E-state index in [9.17, 15) is 9.59 Å². The zero-order valence-electron chi connectivity index (χ0n) is 12.5. The summed E-state index contributed by atoms with van der Waals surface area (Å²) < 4.78 is 9.45. The Balaban J connectivity index is 2.22. The summed E-state index contributed by atoms with van der Waals surface area (Å²) in [6.45, 7) is 0.986. The van der Waals surface area contributed by atoms with E-state index in [4.69, 9.17) is 9.47 Å². The van der Waals surface area contributed by atoms with Gasteiger partial charge in [-0.05, 0) is 30.0 Å². The van der Waals surface area contributed by atoms with Gasteiger partial charge in [0.15, 0.2) is 0 Å². The third kappa shape index (κ3) is 3.97. The van der Waals surface area contributed by atoms with Gasteiger partial charge in [0.05, 0.1) is 27.1 Å². The number of rotatable bonds is 5. The van der Waals surface area contributed by atoms with E-state index < -0.39 is 0 Å². The van der Waals surface area contributed by atoms with E-state index in [1.54, 1.807) is 0 Å². The number of carbonyl (C=O) groups is 2. The molecule has 0 radical (unpaired) electrons. The Morgan fingerprint density at radius 3 is 2.48 bits per heavy atom. The average molecular weight is 291 g/mol. The molecule has 1 aliphatic heterocycles. The Hall–Kier alpha value is -2.04. The van der Waals surface area contributed by atoms with Gasteiger partial charge in [0.2, 0.25) is 0 Å². The molecule has 1 aromatic rings. The van der Waals surface area contributed by atoms with Crippen LogP contribution in [0.3, 0.4) is 0 Å². The standard InChI is InChI=1S/C16H21NO4/c1-20-15(18)9-13(10-16(19)21-2)11-5-6-14-12(8-11)4-3-7-17-14/h5-6,8,13,17H,3-4,7,9-10H2,1-2H3. The fourth-order valence-electron chi connectivity index (χ4n) is 2.63. The van der Waals surface area contributed by atoms with Crippen LogP contribution in [0.4, 0.5) is 5.69 Å². The molecule has 21 heavy (non-hydrogen) atoms. The van der Waals surface area contributed by atoms with Gasteiger partial charge in [-0.25, -0.2) is 0 Å². The fourth-order valence-corrected chi connectivity index (χ4v) is 2.63. The van der Waals surface area contributed by atoms with Crippen LogP contribution in [0.2, 0.25) is 0 Å². The van der Waals surface area contributed by atoms with E-state index in [1.807, 2.05) is 12.1 Å². The molecule has 1 heterocycles. The summed E-state index contributed by atoms with van der Waals surface area (Å²) in [6.07, 6.45) is 2.46. The Morgan fingerprint density at radius 2 is 1.86 bits per heavy atom. The van der Waals surface area contributed by atoms with Crippen LogP contribution in [0.25, 0.3) is 0 Å². The minimum Gasteiger partial charge on any atom is -0.469 e. The van der Waals surface area contributed by atoms with Crippen LogP contribution in [-0.2, 0) is 25.5 Å². The van der Waals surface area contributed by atoms with Crippen molar-refractivity contribution in [3.05, 3.63) is 29.3 Å². The highest BCUT2D eigenvalue weighted by atomic mass is 16.5. The lowest BCUT2D eigenvalue weighted by molar-refractivity contribution is -0.143.